The Hall–Kier alpha value is -3.00. The molecule has 0 saturated heterocycles. The highest BCUT2D eigenvalue weighted by Gasteiger charge is 2.25. The molecule has 1 atom stereocenters. The third-order valence-electron chi connectivity index (χ3n) is 4.45. The Morgan fingerprint density at radius 1 is 1.31 bits per heavy atom. The third kappa shape index (κ3) is 4.71. The molecule has 0 N–H and O–H groups in total. The Morgan fingerprint density at radius 2 is 2.03 bits per heavy atom. The van der Waals surface area contributed by atoms with E-state index in [2.05, 4.69) is 15.2 Å². The molecule has 0 aliphatic heterocycles. The van der Waals surface area contributed by atoms with Crippen molar-refractivity contribution in [2.75, 3.05) is 13.2 Å². The van der Waals surface area contributed by atoms with E-state index in [1.807, 2.05) is 13.8 Å². The summed E-state index contributed by atoms with van der Waals surface area (Å²) in [4.78, 5) is 20.3. The summed E-state index contributed by atoms with van der Waals surface area (Å²) in [7, 11) is 0. The van der Waals surface area contributed by atoms with Crippen LogP contribution in [0, 0.1) is 12.7 Å². The van der Waals surface area contributed by atoms with Crippen molar-refractivity contribution in [2.45, 2.75) is 26.8 Å². The van der Waals surface area contributed by atoms with Gasteiger partial charge in [-0.15, -0.1) is 0 Å². The number of pyridine rings is 1. The molecule has 3 aromatic rings. The maximum absolute atomic E-state index is 14.2. The fraction of sp³-hybridized carbons (Fsp3) is 0.300. The van der Waals surface area contributed by atoms with Gasteiger partial charge < -0.3 is 9.64 Å². The molecule has 2 heterocycles. The summed E-state index contributed by atoms with van der Waals surface area (Å²) in [5.41, 5.74) is 0.974. The summed E-state index contributed by atoms with van der Waals surface area (Å²) < 4.78 is 19.8. The van der Waals surface area contributed by atoms with E-state index in [0.29, 0.717) is 28.6 Å². The van der Waals surface area contributed by atoms with Crippen LogP contribution >= 0.6 is 11.6 Å². The van der Waals surface area contributed by atoms with E-state index in [-0.39, 0.29) is 24.2 Å². The number of carbonyl (C=O) groups excluding carboxylic acids is 1. The average molecular weight is 418 g/mol. The maximum Gasteiger partial charge on any atom is 0.256 e. The van der Waals surface area contributed by atoms with E-state index in [1.165, 1.54) is 35.5 Å². The van der Waals surface area contributed by atoms with Gasteiger partial charge in [-0.3, -0.25) is 4.79 Å². The van der Waals surface area contributed by atoms with Crippen molar-refractivity contribution in [2.24, 2.45) is 0 Å². The van der Waals surface area contributed by atoms with Gasteiger partial charge in [0.25, 0.3) is 5.91 Å². The first-order chi connectivity index (χ1) is 13.9. The van der Waals surface area contributed by atoms with E-state index < -0.39 is 5.82 Å². The van der Waals surface area contributed by atoms with Gasteiger partial charge in [0, 0.05) is 24.9 Å². The minimum absolute atomic E-state index is 0.240. The quantitative estimate of drug-likeness (QED) is 0.586. The first kappa shape index (κ1) is 20.7. The summed E-state index contributed by atoms with van der Waals surface area (Å²) >= 11 is 5.83. The topological polar surface area (TPSA) is 73.1 Å². The fourth-order valence-corrected chi connectivity index (χ4v) is 3.01. The van der Waals surface area contributed by atoms with Crippen molar-refractivity contribution in [1.29, 1.82) is 0 Å². The van der Waals surface area contributed by atoms with Crippen LogP contribution in [0.1, 0.15) is 29.8 Å². The van der Waals surface area contributed by atoms with Crippen molar-refractivity contribution in [3.63, 3.8) is 0 Å². The molecule has 0 saturated carbocycles. The van der Waals surface area contributed by atoms with Gasteiger partial charge in [0.05, 0.1) is 29.0 Å². The molecule has 0 spiro atoms. The van der Waals surface area contributed by atoms with Gasteiger partial charge in [-0.2, -0.15) is 15.0 Å². The molecule has 0 bridgehead atoms. The van der Waals surface area contributed by atoms with Gasteiger partial charge in [0.15, 0.2) is 0 Å². The summed E-state index contributed by atoms with van der Waals surface area (Å²) in [6, 6.07) is 5.89. The first-order valence-corrected chi connectivity index (χ1v) is 9.50. The summed E-state index contributed by atoms with van der Waals surface area (Å²) in [5.74, 6) is -0.269. The third-order valence-corrected chi connectivity index (χ3v) is 4.67. The van der Waals surface area contributed by atoms with Crippen LogP contribution in [-0.2, 0) is 0 Å². The van der Waals surface area contributed by atoms with Gasteiger partial charge in [-0.25, -0.2) is 9.37 Å². The first-order valence-electron chi connectivity index (χ1n) is 9.12. The lowest BCUT2D eigenvalue weighted by Gasteiger charge is -2.28. The van der Waals surface area contributed by atoms with Crippen LogP contribution in [0.25, 0.3) is 5.69 Å². The molecule has 152 valence electrons. The predicted molar refractivity (Wildman–Crippen MR) is 107 cm³/mol. The van der Waals surface area contributed by atoms with Crippen molar-refractivity contribution < 1.29 is 13.9 Å². The van der Waals surface area contributed by atoms with Crippen LogP contribution < -0.4 is 4.74 Å². The smallest absolute Gasteiger partial charge is 0.256 e. The number of halogens is 2. The number of carbonyl (C=O) groups is 1. The predicted octanol–water partition coefficient (Wildman–Crippen LogP) is 3.69. The zero-order chi connectivity index (χ0) is 21.0. The van der Waals surface area contributed by atoms with Gasteiger partial charge >= 0.3 is 0 Å². The molecule has 1 amide bonds. The standard InChI is InChI=1S/C20H21ClFN5O2/c1-4-26(14(3)12-29-19-6-5-15(21)11-23-19)20(28)16-9-13(2)17(22)10-18(16)27-24-7-8-25-27/h5-11,14H,4,12H2,1-3H3/t14-/m0/s1. The van der Waals surface area contributed by atoms with Crippen LogP contribution in [0.2, 0.25) is 5.02 Å². The number of rotatable bonds is 7. The molecule has 2 aromatic heterocycles. The lowest BCUT2D eigenvalue weighted by atomic mass is 10.1. The maximum atomic E-state index is 14.2. The largest absolute Gasteiger partial charge is 0.475 e. The normalized spacial score (nSPS) is 11.9. The number of hydrogen-bond donors (Lipinski definition) is 0. The highest BCUT2D eigenvalue weighted by molar-refractivity contribution is 6.30. The Morgan fingerprint density at radius 3 is 2.66 bits per heavy atom. The molecule has 29 heavy (non-hydrogen) atoms. The van der Waals surface area contributed by atoms with Crippen LogP contribution in [-0.4, -0.2) is 50.0 Å². The molecule has 0 fully saturated rings. The summed E-state index contributed by atoms with van der Waals surface area (Å²) in [6.07, 6.45) is 4.44. The molecular formula is C20H21ClFN5O2. The Bertz CT molecular complexity index is 979. The summed E-state index contributed by atoms with van der Waals surface area (Å²) in [6.45, 7) is 6.04. The minimum atomic E-state index is -0.429. The average Bonchev–Trinajstić information content (AvgIpc) is 3.24. The zero-order valence-corrected chi connectivity index (χ0v) is 17.1. The lowest BCUT2D eigenvalue weighted by Crippen LogP contribution is -2.42. The number of aryl methyl sites for hydroxylation is 1. The van der Waals surface area contributed by atoms with Crippen LogP contribution in [0.3, 0.4) is 0 Å². The van der Waals surface area contributed by atoms with Crippen molar-refractivity contribution in [3.05, 3.63) is 64.8 Å². The second-order valence-corrected chi connectivity index (χ2v) is 6.94. The molecule has 3 rings (SSSR count). The summed E-state index contributed by atoms with van der Waals surface area (Å²) in [5, 5.41) is 8.59. The van der Waals surface area contributed by atoms with Crippen molar-refractivity contribution in [3.8, 4) is 11.6 Å². The Labute approximate surface area is 173 Å². The molecule has 0 aliphatic carbocycles. The SMILES string of the molecule is CCN(C(=O)c1cc(C)c(F)cc1-n1nccn1)[C@@H](C)COc1ccc(Cl)cn1. The zero-order valence-electron chi connectivity index (χ0n) is 16.3. The second-order valence-electron chi connectivity index (χ2n) is 6.50. The number of nitrogens with zero attached hydrogens (tertiary/aromatic N) is 5. The lowest BCUT2D eigenvalue weighted by molar-refractivity contribution is 0.0646. The molecule has 0 aliphatic rings. The minimum Gasteiger partial charge on any atom is -0.475 e. The Balaban J connectivity index is 1.83. The van der Waals surface area contributed by atoms with E-state index in [1.54, 1.807) is 24.0 Å². The van der Waals surface area contributed by atoms with Crippen LogP contribution in [0.4, 0.5) is 4.39 Å². The van der Waals surface area contributed by atoms with Crippen LogP contribution in [0.15, 0.2) is 42.9 Å². The van der Waals surface area contributed by atoms with Crippen molar-refractivity contribution >= 4 is 17.5 Å². The van der Waals surface area contributed by atoms with E-state index >= 15 is 0 Å². The van der Waals surface area contributed by atoms with E-state index in [0.717, 1.165) is 0 Å². The fourth-order valence-electron chi connectivity index (χ4n) is 2.90. The number of amides is 1. The number of benzene rings is 1. The molecule has 7 nitrogen and oxygen atoms in total. The number of aromatic nitrogens is 4. The molecule has 0 radical (unpaired) electrons. The highest BCUT2D eigenvalue weighted by Crippen LogP contribution is 2.21. The molecule has 0 unspecified atom stereocenters. The molecular weight excluding hydrogens is 397 g/mol. The van der Waals surface area contributed by atoms with Crippen molar-refractivity contribution in [1.82, 2.24) is 24.9 Å². The van der Waals surface area contributed by atoms with E-state index in [9.17, 15) is 9.18 Å². The Kier molecular flexibility index (Phi) is 6.43. The van der Waals surface area contributed by atoms with Crippen LogP contribution in [0.5, 0.6) is 5.88 Å². The number of likely N-dealkylation sites (N-methyl/N-ethyl adjacent to an activating group) is 1. The second kappa shape index (κ2) is 9.00. The number of hydrogen-bond acceptors (Lipinski definition) is 5. The monoisotopic (exact) mass is 417 g/mol. The molecule has 9 heteroatoms. The van der Waals surface area contributed by atoms with Gasteiger partial charge in [0.1, 0.15) is 18.1 Å². The van der Waals surface area contributed by atoms with Gasteiger partial charge in [-0.05, 0) is 38.5 Å². The molecule has 1 aromatic carbocycles. The highest BCUT2D eigenvalue weighted by atomic mass is 35.5. The van der Waals surface area contributed by atoms with Gasteiger partial charge in [0.2, 0.25) is 5.88 Å². The number of ether oxygens (including phenoxy) is 1. The van der Waals surface area contributed by atoms with Gasteiger partial charge in [-0.1, -0.05) is 11.6 Å². The van der Waals surface area contributed by atoms with E-state index in [4.69, 9.17) is 16.3 Å².